The molecule has 1 N–H and O–H groups in total. The Morgan fingerprint density at radius 3 is 2.43 bits per heavy atom. The fourth-order valence-corrected chi connectivity index (χ4v) is 2.08. The molecule has 0 radical (unpaired) electrons. The van der Waals surface area contributed by atoms with Gasteiger partial charge in [-0.15, -0.1) is 0 Å². The molecule has 0 unspecified atom stereocenters. The molecule has 0 fully saturated rings. The second-order valence-corrected chi connectivity index (χ2v) is 3.98. The van der Waals surface area contributed by atoms with Gasteiger partial charge >= 0.3 is 0 Å². The molecular formula is C12H15NO. The van der Waals surface area contributed by atoms with E-state index in [1.54, 1.807) is 6.92 Å². The van der Waals surface area contributed by atoms with Gasteiger partial charge in [0.2, 0.25) is 5.91 Å². The number of hydrogen-bond donors (Lipinski definition) is 1. The van der Waals surface area contributed by atoms with Gasteiger partial charge in [0.15, 0.2) is 0 Å². The summed E-state index contributed by atoms with van der Waals surface area (Å²) in [4.78, 5) is 10.8. The Hall–Kier alpha value is -1.31. The fourth-order valence-electron chi connectivity index (χ4n) is 2.08. The SMILES string of the molecule is CC(=O)NCC1Cc2ccccc2C1. The maximum atomic E-state index is 10.8. The molecule has 14 heavy (non-hydrogen) atoms. The molecule has 0 saturated carbocycles. The monoisotopic (exact) mass is 189 g/mol. The minimum absolute atomic E-state index is 0.0703. The third kappa shape index (κ3) is 1.95. The lowest BCUT2D eigenvalue weighted by Gasteiger charge is -2.08. The van der Waals surface area contributed by atoms with Crippen LogP contribution in [0.3, 0.4) is 0 Å². The molecule has 0 aliphatic heterocycles. The standard InChI is InChI=1S/C12H15NO/c1-9(14)13-8-10-6-11-4-2-3-5-12(11)7-10/h2-5,10H,6-8H2,1H3,(H,13,14). The van der Waals surface area contributed by atoms with E-state index in [2.05, 4.69) is 29.6 Å². The number of carbonyl (C=O) groups is 1. The molecule has 1 aliphatic carbocycles. The molecular weight excluding hydrogens is 174 g/mol. The molecule has 0 saturated heterocycles. The summed E-state index contributed by atoms with van der Waals surface area (Å²) in [6, 6.07) is 8.53. The van der Waals surface area contributed by atoms with Crippen molar-refractivity contribution in [1.29, 1.82) is 0 Å². The first kappa shape index (κ1) is 9.25. The second-order valence-electron chi connectivity index (χ2n) is 3.98. The van der Waals surface area contributed by atoms with E-state index in [0.717, 1.165) is 19.4 Å². The summed E-state index contributed by atoms with van der Waals surface area (Å²) in [5.74, 6) is 0.664. The zero-order chi connectivity index (χ0) is 9.97. The quantitative estimate of drug-likeness (QED) is 0.751. The number of hydrogen-bond acceptors (Lipinski definition) is 1. The Kier molecular flexibility index (Phi) is 2.53. The zero-order valence-electron chi connectivity index (χ0n) is 8.42. The van der Waals surface area contributed by atoms with Gasteiger partial charge in [0.05, 0.1) is 0 Å². The van der Waals surface area contributed by atoms with Crippen molar-refractivity contribution in [1.82, 2.24) is 5.32 Å². The van der Waals surface area contributed by atoms with E-state index in [1.807, 2.05) is 0 Å². The van der Waals surface area contributed by atoms with Crippen molar-refractivity contribution in [3.05, 3.63) is 35.4 Å². The maximum Gasteiger partial charge on any atom is 0.216 e. The molecule has 1 aliphatic rings. The average Bonchev–Trinajstić information content (AvgIpc) is 2.57. The molecule has 0 bridgehead atoms. The minimum atomic E-state index is 0.0703. The molecule has 0 aromatic heterocycles. The van der Waals surface area contributed by atoms with Crippen LogP contribution in [0.1, 0.15) is 18.1 Å². The normalized spacial score (nSPS) is 15.2. The van der Waals surface area contributed by atoms with E-state index < -0.39 is 0 Å². The summed E-state index contributed by atoms with van der Waals surface area (Å²) in [6.07, 6.45) is 2.22. The summed E-state index contributed by atoms with van der Waals surface area (Å²) in [5, 5.41) is 2.88. The number of rotatable bonds is 2. The fraction of sp³-hybridized carbons (Fsp3) is 0.417. The molecule has 74 valence electrons. The third-order valence-corrected chi connectivity index (χ3v) is 2.78. The first-order chi connectivity index (χ1) is 6.75. The summed E-state index contributed by atoms with van der Waals surface area (Å²) in [5.41, 5.74) is 2.89. The maximum absolute atomic E-state index is 10.8. The lowest BCUT2D eigenvalue weighted by molar-refractivity contribution is -0.119. The molecule has 1 aromatic carbocycles. The number of nitrogens with one attached hydrogen (secondary N) is 1. The van der Waals surface area contributed by atoms with E-state index >= 15 is 0 Å². The van der Waals surface area contributed by atoms with Gasteiger partial charge in [-0.05, 0) is 29.9 Å². The van der Waals surface area contributed by atoms with Crippen molar-refractivity contribution in [3.63, 3.8) is 0 Å². The molecule has 2 nitrogen and oxygen atoms in total. The van der Waals surface area contributed by atoms with Crippen molar-refractivity contribution in [2.75, 3.05) is 6.54 Å². The topological polar surface area (TPSA) is 29.1 Å². The van der Waals surface area contributed by atoms with Gasteiger partial charge in [-0.1, -0.05) is 24.3 Å². The first-order valence-electron chi connectivity index (χ1n) is 5.07. The number of amides is 1. The second kappa shape index (κ2) is 3.82. The Balaban J connectivity index is 1.95. The highest BCUT2D eigenvalue weighted by Gasteiger charge is 2.20. The van der Waals surface area contributed by atoms with Gasteiger partial charge in [-0.3, -0.25) is 4.79 Å². The molecule has 1 amide bonds. The Labute approximate surface area is 84.3 Å². The number of fused-ring (bicyclic) bond motifs is 1. The average molecular weight is 189 g/mol. The van der Waals surface area contributed by atoms with Crippen LogP contribution in [0.4, 0.5) is 0 Å². The Morgan fingerprint density at radius 2 is 1.93 bits per heavy atom. The Morgan fingerprint density at radius 1 is 1.36 bits per heavy atom. The van der Waals surface area contributed by atoms with E-state index in [9.17, 15) is 4.79 Å². The van der Waals surface area contributed by atoms with Crippen LogP contribution in [0.25, 0.3) is 0 Å². The van der Waals surface area contributed by atoms with E-state index in [4.69, 9.17) is 0 Å². The zero-order valence-corrected chi connectivity index (χ0v) is 8.42. The summed E-state index contributed by atoms with van der Waals surface area (Å²) in [7, 11) is 0. The Bertz CT molecular complexity index is 321. The van der Waals surface area contributed by atoms with Crippen LogP contribution < -0.4 is 5.32 Å². The van der Waals surface area contributed by atoms with Crippen molar-refractivity contribution in [2.45, 2.75) is 19.8 Å². The molecule has 0 heterocycles. The van der Waals surface area contributed by atoms with Gasteiger partial charge in [0, 0.05) is 13.5 Å². The third-order valence-electron chi connectivity index (χ3n) is 2.78. The number of benzene rings is 1. The summed E-state index contributed by atoms with van der Waals surface area (Å²) >= 11 is 0. The van der Waals surface area contributed by atoms with Crippen LogP contribution in [0.5, 0.6) is 0 Å². The highest BCUT2D eigenvalue weighted by atomic mass is 16.1. The van der Waals surface area contributed by atoms with Crippen LogP contribution in [0, 0.1) is 5.92 Å². The van der Waals surface area contributed by atoms with Crippen molar-refractivity contribution in [3.8, 4) is 0 Å². The van der Waals surface area contributed by atoms with E-state index in [-0.39, 0.29) is 5.91 Å². The van der Waals surface area contributed by atoms with E-state index in [0.29, 0.717) is 5.92 Å². The lowest BCUT2D eigenvalue weighted by Crippen LogP contribution is -2.27. The minimum Gasteiger partial charge on any atom is -0.356 e. The predicted octanol–water partition coefficient (Wildman–Crippen LogP) is 1.54. The van der Waals surface area contributed by atoms with Gasteiger partial charge in [-0.25, -0.2) is 0 Å². The molecule has 0 atom stereocenters. The van der Waals surface area contributed by atoms with E-state index in [1.165, 1.54) is 11.1 Å². The summed E-state index contributed by atoms with van der Waals surface area (Å²) < 4.78 is 0. The molecule has 1 aromatic rings. The van der Waals surface area contributed by atoms with Gasteiger partial charge < -0.3 is 5.32 Å². The number of carbonyl (C=O) groups excluding carboxylic acids is 1. The first-order valence-corrected chi connectivity index (χ1v) is 5.07. The van der Waals surface area contributed by atoms with Crippen LogP contribution in [0.2, 0.25) is 0 Å². The lowest BCUT2D eigenvalue weighted by atomic mass is 10.1. The highest BCUT2D eigenvalue weighted by Crippen LogP contribution is 2.25. The molecule has 2 heteroatoms. The largest absolute Gasteiger partial charge is 0.356 e. The summed E-state index contributed by atoms with van der Waals surface area (Å²) in [6.45, 7) is 2.38. The van der Waals surface area contributed by atoms with Crippen LogP contribution in [-0.2, 0) is 17.6 Å². The predicted molar refractivity (Wildman–Crippen MR) is 56.0 cm³/mol. The van der Waals surface area contributed by atoms with Crippen LogP contribution in [0.15, 0.2) is 24.3 Å². The van der Waals surface area contributed by atoms with Crippen LogP contribution in [-0.4, -0.2) is 12.5 Å². The van der Waals surface area contributed by atoms with Crippen molar-refractivity contribution < 1.29 is 4.79 Å². The molecule has 0 spiro atoms. The van der Waals surface area contributed by atoms with Gasteiger partial charge in [-0.2, -0.15) is 0 Å². The molecule has 2 rings (SSSR count). The van der Waals surface area contributed by atoms with Crippen molar-refractivity contribution in [2.24, 2.45) is 5.92 Å². The van der Waals surface area contributed by atoms with Crippen LogP contribution >= 0.6 is 0 Å². The van der Waals surface area contributed by atoms with Crippen molar-refractivity contribution >= 4 is 5.91 Å². The smallest absolute Gasteiger partial charge is 0.216 e. The van der Waals surface area contributed by atoms with Gasteiger partial charge in [0.25, 0.3) is 0 Å². The van der Waals surface area contributed by atoms with Gasteiger partial charge in [0.1, 0.15) is 0 Å². The highest BCUT2D eigenvalue weighted by molar-refractivity contribution is 5.72.